The summed E-state index contributed by atoms with van der Waals surface area (Å²) in [7, 11) is 0. The first-order valence-electron chi connectivity index (χ1n) is 9.25. The van der Waals surface area contributed by atoms with Gasteiger partial charge in [0.05, 0.1) is 5.02 Å². The van der Waals surface area contributed by atoms with E-state index >= 15 is 0 Å². The second-order valence-electron chi connectivity index (χ2n) is 6.75. The van der Waals surface area contributed by atoms with Gasteiger partial charge >= 0.3 is 0 Å². The number of carbonyl (C=O) groups excluding carboxylic acids is 1. The quantitative estimate of drug-likeness (QED) is 0.658. The van der Waals surface area contributed by atoms with Crippen LogP contribution >= 0.6 is 27.5 Å². The minimum atomic E-state index is -0.165. The third-order valence-corrected chi connectivity index (χ3v) is 5.48. The Bertz CT molecular complexity index is 779. The van der Waals surface area contributed by atoms with Crippen LogP contribution in [-0.4, -0.2) is 30.5 Å². The van der Waals surface area contributed by atoms with E-state index < -0.39 is 0 Å². The third-order valence-electron chi connectivity index (χ3n) is 4.69. The SMILES string of the molecule is O=C(COc1ccc(Br)cc1Cl)NCc1ccccc1CN1CCCCC1. The molecule has 1 saturated heterocycles. The van der Waals surface area contributed by atoms with Gasteiger partial charge in [-0.05, 0) is 55.3 Å². The second kappa shape index (κ2) is 10.1. The van der Waals surface area contributed by atoms with Gasteiger partial charge in [-0.25, -0.2) is 0 Å². The molecule has 0 aliphatic carbocycles. The van der Waals surface area contributed by atoms with E-state index in [0.717, 1.165) is 29.7 Å². The molecule has 0 spiro atoms. The van der Waals surface area contributed by atoms with Gasteiger partial charge in [-0.3, -0.25) is 9.69 Å². The van der Waals surface area contributed by atoms with Gasteiger partial charge in [0.1, 0.15) is 5.75 Å². The third kappa shape index (κ3) is 6.23. The van der Waals surface area contributed by atoms with Crippen molar-refractivity contribution in [2.24, 2.45) is 0 Å². The molecule has 6 heteroatoms. The molecule has 4 nitrogen and oxygen atoms in total. The normalized spacial score (nSPS) is 14.7. The molecule has 0 aromatic heterocycles. The molecule has 1 fully saturated rings. The molecule has 1 aliphatic heterocycles. The van der Waals surface area contributed by atoms with Crippen LogP contribution in [0.15, 0.2) is 46.9 Å². The van der Waals surface area contributed by atoms with Crippen molar-refractivity contribution >= 4 is 33.4 Å². The molecule has 0 unspecified atom stereocenters. The van der Waals surface area contributed by atoms with Gasteiger partial charge in [0.15, 0.2) is 6.61 Å². The van der Waals surface area contributed by atoms with Crippen molar-refractivity contribution in [2.75, 3.05) is 19.7 Å². The van der Waals surface area contributed by atoms with Crippen LogP contribution in [0.2, 0.25) is 5.02 Å². The van der Waals surface area contributed by atoms with Crippen molar-refractivity contribution in [1.29, 1.82) is 0 Å². The number of benzene rings is 2. The van der Waals surface area contributed by atoms with Crippen LogP contribution in [0.1, 0.15) is 30.4 Å². The van der Waals surface area contributed by atoms with E-state index in [1.807, 2.05) is 12.1 Å². The molecule has 3 rings (SSSR count). The van der Waals surface area contributed by atoms with E-state index in [4.69, 9.17) is 16.3 Å². The summed E-state index contributed by atoms with van der Waals surface area (Å²) < 4.78 is 6.39. The Morgan fingerprint density at radius 2 is 1.85 bits per heavy atom. The highest BCUT2D eigenvalue weighted by Crippen LogP contribution is 2.27. The van der Waals surface area contributed by atoms with Gasteiger partial charge in [0, 0.05) is 17.6 Å². The van der Waals surface area contributed by atoms with Crippen LogP contribution in [0, 0.1) is 0 Å². The highest BCUT2D eigenvalue weighted by Gasteiger charge is 2.13. The fourth-order valence-electron chi connectivity index (χ4n) is 3.22. The molecule has 144 valence electrons. The van der Waals surface area contributed by atoms with E-state index in [-0.39, 0.29) is 12.5 Å². The van der Waals surface area contributed by atoms with Crippen molar-refractivity contribution in [3.63, 3.8) is 0 Å². The maximum absolute atomic E-state index is 12.2. The lowest BCUT2D eigenvalue weighted by Crippen LogP contribution is -2.31. The topological polar surface area (TPSA) is 41.6 Å². The average Bonchev–Trinajstić information content (AvgIpc) is 2.67. The van der Waals surface area contributed by atoms with Crippen LogP contribution in [0.5, 0.6) is 5.75 Å². The highest BCUT2D eigenvalue weighted by molar-refractivity contribution is 9.10. The average molecular weight is 452 g/mol. The predicted octanol–water partition coefficient (Wildman–Crippen LogP) is 4.78. The number of nitrogens with zero attached hydrogens (tertiary/aromatic N) is 1. The van der Waals surface area contributed by atoms with E-state index in [1.54, 1.807) is 12.1 Å². The van der Waals surface area contributed by atoms with E-state index in [2.05, 4.69) is 44.3 Å². The maximum Gasteiger partial charge on any atom is 0.258 e. The summed E-state index contributed by atoms with van der Waals surface area (Å²) in [6.45, 7) is 3.69. The maximum atomic E-state index is 12.2. The largest absolute Gasteiger partial charge is 0.482 e. The van der Waals surface area contributed by atoms with Crippen molar-refractivity contribution in [1.82, 2.24) is 10.2 Å². The van der Waals surface area contributed by atoms with Gasteiger partial charge in [-0.2, -0.15) is 0 Å². The Balaban J connectivity index is 1.51. The monoisotopic (exact) mass is 450 g/mol. The molecule has 1 amide bonds. The molecule has 1 N–H and O–H groups in total. The Morgan fingerprint density at radius 1 is 1.11 bits per heavy atom. The minimum absolute atomic E-state index is 0.0599. The summed E-state index contributed by atoms with van der Waals surface area (Å²) in [6, 6.07) is 13.6. The molecule has 0 atom stereocenters. The molecule has 1 heterocycles. The van der Waals surface area contributed by atoms with Crippen molar-refractivity contribution in [2.45, 2.75) is 32.4 Å². The smallest absolute Gasteiger partial charge is 0.258 e. The number of hydrogen-bond donors (Lipinski definition) is 1. The molecule has 2 aromatic carbocycles. The Labute approximate surface area is 174 Å². The van der Waals surface area contributed by atoms with Crippen LogP contribution in [0.25, 0.3) is 0 Å². The predicted molar refractivity (Wildman–Crippen MR) is 112 cm³/mol. The molecular weight excluding hydrogens is 428 g/mol. The number of carbonyl (C=O) groups is 1. The molecule has 0 radical (unpaired) electrons. The Hall–Kier alpha value is -1.56. The fourth-order valence-corrected chi connectivity index (χ4v) is 3.95. The summed E-state index contributed by atoms with van der Waals surface area (Å²) in [5.41, 5.74) is 2.43. The van der Waals surface area contributed by atoms with Crippen LogP contribution in [0.4, 0.5) is 0 Å². The number of ether oxygens (including phenoxy) is 1. The van der Waals surface area contributed by atoms with Crippen LogP contribution in [-0.2, 0) is 17.9 Å². The summed E-state index contributed by atoms with van der Waals surface area (Å²) in [5.74, 6) is 0.335. The lowest BCUT2D eigenvalue weighted by Gasteiger charge is -2.27. The first-order valence-corrected chi connectivity index (χ1v) is 10.4. The number of amides is 1. The van der Waals surface area contributed by atoms with Gasteiger partial charge in [0.2, 0.25) is 0 Å². The second-order valence-corrected chi connectivity index (χ2v) is 8.07. The van der Waals surface area contributed by atoms with Crippen LogP contribution in [0.3, 0.4) is 0 Å². The number of rotatable bonds is 7. The van der Waals surface area contributed by atoms with Crippen molar-refractivity contribution < 1.29 is 9.53 Å². The first kappa shape index (κ1) is 20.2. The molecule has 0 bridgehead atoms. The molecule has 2 aromatic rings. The zero-order chi connectivity index (χ0) is 19.1. The van der Waals surface area contributed by atoms with Gasteiger partial charge in [0.25, 0.3) is 5.91 Å². The van der Waals surface area contributed by atoms with E-state index in [1.165, 1.54) is 24.8 Å². The summed E-state index contributed by atoms with van der Waals surface area (Å²) >= 11 is 9.45. The number of nitrogens with one attached hydrogen (secondary N) is 1. The first-order chi connectivity index (χ1) is 13.1. The molecule has 1 aliphatic rings. The van der Waals surface area contributed by atoms with Crippen molar-refractivity contribution in [3.8, 4) is 5.75 Å². The van der Waals surface area contributed by atoms with Gasteiger partial charge < -0.3 is 10.1 Å². The van der Waals surface area contributed by atoms with E-state index in [0.29, 0.717) is 17.3 Å². The summed E-state index contributed by atoms with van der Waals surface area (Å²) in [4.78, 5) is 14.7. The van der Waals surface area contributed by atoms with Crippen molar-refractivity contribution in [3.05, 3.63) is 63.1 Å². The van der Waals surface area contributed by atoms with Gasteiger partial charge in [-0.15, -0.1) is 0 Å². The van der Waals surface area contributed by atoms with Gasteiger partial charge in [-0.1, -0.05) is 58.2 Å². The number of hydrogen-bond acceptors (Lipinski definition) is 3. The Kier molecular flexibility index (Phi) is 7.56. The molecular formula is C21H24BrClN2O2. The molecule has 0 saturated carbocycles. The number of likely N-dealkylation sites (tertiary alicyclic amines) is 1. The Morgan fingerprint density at radius 3 is 2.59 bits per heavy atom. The molecule has 27 heavy (non-hydrogen) atoms. The fraction of sp³-hybridized carbons (Fsp3) is 0.381. The highest BCUT2D eigenvalue weighted by atomic mass is 79.9. The zero-order valence-electron chi connectivity index (χ0n) is 15.2. The summed E-state index contributed by atoms with van der Waals surface area (Å²) in [6.07, 6.45) is 3.88. The summed E-state index contributed by atoms with van der Waals surface area (Å²) in [5, 5.41) is 3.42. The zero-order valence-corrected chi connectivity index (χ0v) is 17.6. The van der Waals surface area contributed by atoms with Crippen LogP contribution < -0.4 is 10.1 Å². The number of halogens is 2. The lowest BCUT2D eigenvalue weighted by molar-refractivity contribution is -0.123. The minimum Gasteiger partial charge on any atom is -0.482 e. The number of piperidine rings is 1. The van der Waals surface area contributed by atoms with E-state index in [9.17, 15) is 4.79 Å². The standard InChI is InChI=1S/C21H24BrClN2O2/c22-18-8-9-20(19(23)12-18)27-15-21(26)24-13-16-6-2-3-7-17(16)14-25-10-4-1-5-11-25/h2-3,6-9,12H,1,4-5,10-11,13-15H2,(H,24,26). The lowest BCUT2D eigenvalue weighted by atomic mass is 10.0.